The summed E-state index contributed by atoms with van der Waals surface area (Å²) in [6.07, 6.45) is 10.5. The third-order valence-corrected chi connectivity index (χ3v) is 9.09. The van der Waals surface area contributed by atoms with Crippen molar-refractivity contribution in [2.24, 2.45) is 11.8 Å². The molecule has 11 nitrogen and oxygen atoms in total. The first kappa shape index (κ1) is 29.7. The summed E-state index contributed by atoms with van der Waals surface area (Å²) >= 11 is 0. The van der Waals surface area contributed by atoms with Gasteiger partial charge in [0.25, 0.3) is 0 Å². The van der Waals surface area contributed by atoms with Gasteiger partial charge in [0.15, 0.2) is 0 Å². The van der Waals surface area contributed by atoms with Crippen LogP contribution in [0.2, 0.25) is 0 Å². The van der Waals surface area contributed by atoms with Crippen molar-refractivity contribution in [1.29, 1.82) is 0 Å². The van der Waals surface area contributed by atoms with Crippen LogP contribution in [0.1, 0.15) is 46.0 Å². The van der Waals surface area contributed by atoms with E-state index in [0.29, 0.717) is 41.1 Å². The van der Waals surface area contributed by atoms with Gasteiger partial charge in [0.2, 0.25) is 27.9 Å². The van der Waals surface area contributed by atoms with Crippen LogP contribution in [0.4, 0.5) is 17.8 Å². The summed E-state index contributed by atoms with van der Waals surface area (Å²) in [5.74, 6) is 2.43. The molecule has 2 aromatic carbocycles. The van der Waals surface area contributed by atoms with Gasteiger partial charge in [-0.1, -0.05) is 36.4 Å². The van der Waals surface area contributed by atoms with Gasteiger partial charge in [-0.25, -0.2) is 18.1 Å². The maximum absolute atomic E-state index is 13.1. The molecular formula is C30H41N9O2S. The summed E-state index contributed by atoms with van der Waals surface area (Å²) in [6, 6.07) is 13.2. The van der Waals surface area contributed by atoms with E-state index in [1.807, 2.05) is 47.4 Å². The number of rotatable bonds is 14. The minimum atomic E-state index is -3.58. The van der Waals surface area contributed by atoms with E-state index in [1.54, 1.807) is 18.3 Å². The topological polar surface area (TPSA) is 139 Å². The lowest BCUT2D eigenvalue weighted by molar-refractivity contribution is 0.284. The standard InChI is InChI=1S/C30H41N9O2S/c1-22(2)35-30-37-28(32-15-6-17-39-18-16-31-21-39)36-29(38-30)33-19-23-11-13-24(14-12-23)20-34-42(40,41)27-10-5-8-25-7-3-4-9-26(25)27/h3-5,7-10,16,18,21-24,34H,6,11-15,17,19-20H2,1-2H3,(H3,32,33,35,36,37,38). The van der Waals surface area contributed by atoms with Gasteiger partial charge in [-0.2, -0.15) is 15.0 Å². The molecule has 2 aromatic heterocycles. The summed E-state index contributed by atoms with van der Waals surface area (Å²) in [7, 11) is -3.58. The van der Waals surface area contributed by atoms with E-state index >= 15 is 0 Å². The molecule has 5 rings (SSSR count). The molecule has 0 saturated heterocycles. The fourth-order valence-electron chi connectivity index (χ4n) is 5.35. The van der Waals surface area contributed by atoms with Crippen LogP contribution in [0.25, 0.3) is 10.8 Å². The quantitative estimate of drug-likeness (QED) is 0.153. The molecule has 0 bridgehead atoms. The molecular weight excluding hydrogens is 550 g/mol. The summed E-state index contributed by atoms with van der Waals surface area (Å²) in [5.41, 5.74) is 0. The minimum absolute atomic E-state index is 0.197. The van der Waals surface area contributed by atoms with Crippen molar-refractivity contribution in [2.75, 3.05) is 35.6 Å². The van der Waals surface area contributed by atoms with Crippen molar-refractivity contribution >= 4 is 38.6 Å². The van der Waals surface area contributed by atoms with Crippen molar-refractivity contribution in [3.05, 3.63) is 61.2 Å². The maximum atomic E-state index is 13.1. The third kappa shape index (κ3) is 8.16. The number of nitrogens with zero attached hydrogens (tertiary/aromatic N) is 5. The lowest BCUT2D eigenvalue weighted by Crippen LogP contribution is -2.32. The average Bonchev–Trinajstić information content (AvgIpc) is 3.51. The van der Waals surface area contributed by atoms with Crippen molar-refractivity contribution in [2.45, 2.75) is 63.4 Å². The number of sulfonamides is 1. The van der Waals surface area contributed by atoms with E-state index in [2.05, 4.69) is 54.5 Å². The molecule has 0 unspecified atom stereocenters. The number of aryl methyl sites for hydroxylation is 1. The predicted molar refractivity (Wildman–Crippen MR) is 167 cm³/mol. The Morgan fingerprint density at radius 2 is 1.57 bits per heavy atom. The molecule has 0 spiro atoms. The Bertz CT molecular complexity index is 1530. The van der Waals surface area contributed by atoms with Gasteiger partial charge in [-0.05, 0) is 69.2 Å². The number of hydrogen-bond acceptors (Lipinski definition) is 9. The van der Waals surface area contributed by atoms with E-state index in [4.69, 9.17) is 0 Å². The van der Waals surface area contributed by atoms with Crippen LogP contribution >= 0.6 is 0 Å². The molecule has 0 amide bonds. The van der Waals surface area contributed by atoms with Crippen LogP contribution in [-0.2, 0) is 16.6 Å². The normalized spacial score (nSPS) is 17.4. The Balaban J connectivity index is 1.10. The number of fused-ring (bicyclic) bond motifs is 1. The molecule has 1 saturated carbocycles. The van der Waals surface area contributed by atoms with Gasteiger partial charge in [0, 0.05) is 50.0 Å². The van der Waals surface area contributed by atoms with Crippen molar-refractivity contribution in [3.8, 4) is 0 Å². The Kier molecular flexibility index (Phi) is 9.85. The molecule has 2 heterocycles. The first-order valence-corrected chi connectivity index (χ1v) is 16.3. The van der Waals surface area contributed by atoms with Gasteiger partial charge < -0.3 is 20.5 Å². The monoisotopic (exact) mass is 591 g/mol. The van der Waals surface area contributed by atoms with Crippen LogP contribution in [0.5, 0.6) is 0 Å². The van der Waals surface area contributed by atoms with Gasteiger partial charge in [-0.15, -0.1) is 0 Å². The Morgan fingerprint density at radius 3 is 2.31 bits per heavy atom. The average molecular weight is 592 g/mol. The highest BCUT2D eigenvalue weighted by Crippen LogP contribution is 2.29. The summed E-state index contributed by atoms with van der Waals surface area (Å²) in [4.78, 5) is 18.1. The number of anilines is 3. The summed E-state index contributed by atoms with van der Waals surface area (Å²) < 4.78 is 31.2. The molecule has 0 radical (unpaired) electrons. The second-order valence-electron chi connectivity index (χ2n) is 11.3. The number of nitrogens with one attached hydrogen (secondary N) is 4. The van der Waals surface area contributed by atoms with Gasteiger partial charge in [-0.3, -0.25) is 0 Å². The van der Waals surface area contributed by atoms with Gasteiger partial charge in [0.1, 0.15) is 0 Å². The number of imidazole rings is 1. The zero-order chi connectivity index (χ0) is 29.4. The van der Waals surface area contributed by atoms with E-state index in [1.165, 1.54) is 0 Å². The SMILES string of the molecule is CC(C)Nc1nc(NCCCn2ccnc2)nc(NCC2CCC(CNS(=O)(=O)c3cccc4ccccc34)CC2)n1. The summed E-state index contributed by atoms with van der Waals surface area (Å²) in [5, 5.41) is 11.7. The zero-order valence-corrected chi connectivity index (χ0v) is 25.1. The molecule has 0 atom stereocenters. The highest BCUT2D eigenvalue weighted by Gasteiger charge is 2.24. The van der Waals surface area contributed by atoms with Crippen LogP contribution in [0.15, 0.2) is 66.1 Å². The molecule has 1 fully saturated rings. The third-order valence-electron chi connectivity index (χ3n) is 7.60. The maximum Gasteiger partial charge on any atom is 0.241 e. The highest BCUT2D eigenvalue weighted by molar-refractivity contribution is 7.89. The first-order chi connectivity index (χ1) is 20.4. The lowest BCUT2D eigenvalue weighted by atomic mass is 9.82. The fraction of sp³-hybridized carbons (Fsp3) is 0.467. The first-order valence-electron chi connectivity index (χ1n) is 14.8. The minimum Gasteiger partial charge on any atom is -0.354 e. The van der Waals surface area contributed by atoms with Crippen LogP contribution in [0.3, 0.4) is 0 Å². The van der Waals surface area contributed by atoms with Crippen LogP contribution < -0.4 is 20.7 Å². The van der Waals surface area contributed by atoms with Gasteiger partial charge >= 0.3 is 0 Å². The van der Waals surface area contributed by atoms with Crippen molar-refractivity contribution in [3.63, 3.8) is 0 Å². The molecule has 12 heteroatoms. The number of benzene rings is 2. The Morgan fingerprint density at radius 1 is 0.881 bits per heavy atom. The number of hydrogen-bond donors (Lipinski definition) is 4. The van der Waals surface area contributed by atoms with Gasteiger partial charge in [0.05, 0.1) is 11.2 Å². The van der Waals surface area contributed by atoms with Crippen LogP contribution in [0, 0.1) is 11.8 Å². The molecule has 42 heavy (non-hydrogen) atoms. The van der Waals surface area contributed by atoms with Crippen LogP contribution in [-0.4, -0.2) is 58.6 Å². The molecule has 0 aliphatic heterocycles. The smallest absolute Gasteiger partial charge is 0.241 e. The van der Waals surface area contributed by atoms with Crippen molar-refractivity contribution in [1.82, 2.24) is 29.2 Å². The molecule has 4 aromatic rings. The predicted octanol–water partition coefficient (Wildman–Crippen LogP) is 4.74. The Labute approximate surface area is 248 Å². The molecule has 1 aliphatic carbocycles. The van der Waals surface area contributed by atoms with Crippen molar-refractivity contribution < 1.29 is 8.42 Å². The number of aromatic nitrogens is 5. The largest absolute Gasteiger partial charge is 0.354 e. The zero-order valence-electron chi connectivity index (χ0n) is 24.3. The van der Waals surface area contributed by atoms with E-state index in [0.717, 1.165) is 62.5 Å². The second kappa shape index (κ2) is 13.9. The fourth-order valence-corrected chi connectivity index (χ4v) is 6.69. The molecule has 224 valence electrons. The molecule has 4 N–H and O–H groups in total. The molecule has 1 aliphatic rings. The van der Waals surface area contributed by atoms with E-state index < -0.39 is 10.0 Å². The van der Waals surface area contributed by atoms with E-state index in [-0.39, 0.29) is 6.04 Å². The highest BCUT2D eigenvalue weighted by atomic mass is 32.2. The lowest BCUT2D eigenvalue weighted by Gasteiger charge is -2.28. The second-order valence-corrected chi connectivity index (χ2v) is 13.0. The van der Waals surface area contributed by atoms with E-state index in [9.17, 15) is 8.42 Å². The summed E-state index contributed by atoms with van der Waals surface area (Å²) in [6.45, 7) is 6.93. The Hall–Kier alpha value is -3.77.